The van der Waals surface area contributed by atoms with Gasteiger partial charge in [-0.1, -0.05) is 0 Å². The Morgan fingerprint density at radius 3 is 2.00 bits per heavy atom. The monoisotopic (exact) mass is 142 g/mol. The van der Waals surface area contributed by atoms with E-state index in [1.165, 1.54) is 0 Å². The maximum absolute atomic E-state index is 11.6. The molecule has 9 heavy (non-hydrogen) atoms. The zero-order chi connectivity index (χ0) is 7.12. The van der Waals surface area contributed by atoms with Gasteiger partial charge in [-0.05, 0) is 0 Å². The molecule has 1 saturated heterocycles. The summed E-state index contributed by atoms with van der Waals surface area (Å²) in [5.74, 6) is 0. The van der Waals surface area contributed by atoms with Gasteiger partial charge in [0.1, 0.15) is 0 Å². The summed E-state index contributed by atoms with van der Waals surface area (Å²) >= 11 is 0. The highest BCUT2D eigenvalue weighted by Crippen LogP contribution is 2.42. The van der Waals surface area contributed by atoms with Crippen molar-refractivity contribution in [1.82, 2.24) is 0 Å². The first-order valence-corrected chi connectivity index (χ1v) is 2.33. The second-order valence-electron chi connectivity index (χ2n) is 1.94. The molecule has 0 spiro atoms. The van der Waals surface area contributed by atoms with Crippen LogP contribution >= 0.6 is 0 Å². The molecule has 54 valence electrons. The van der Waals surface area contributed by atoms with Gasteiger partial charge in [0, 0.05) is 0 Å². The molecule has 1 atom stereocenters. The lowest BCUT2D eigenvalue weighted by molar-refractivity contribution is -0.192. The molecule has 0 aromatic carbocycles. The predicted octanol–water partition coefficient (Wildman–Crippen LogP) is 0.310. The van der Waals surface area contributed by atoms with Gasteiger partial charge in [0.05, 0.1) is 13.2 Å². The standard InChI is InChI=1S/C4H5F3O2/c5-4(6,7)3(1-8)2-9-3/h8H,1-2H2/t3-/m0/s1. The SMILES string of the molecule is OC[C@@]1(C(F)(F)F)CO1. The molecule has 0 saturated carbocycles. The minimum Gasteiger partial charge on any atom is -0.393 e. The summed E-state index contributed by atoms with van der Waals surface area (Å²) in [6.07, 6.45) is -4.41. The van der Waals surface area contributed by atoms with Gasteiger partial charge in [-0.3, -0.25) is 0 Å². The van der Waals surface area contributed by atoms with Crippen molar-refractivity contribution in [3.8, 4) is 0 Å². The molecule has 0 aromatic rings. The van der Waals surface area contributed by atoms with Gasteiger partial charge >= 0.3 is 6.18 Å². The zero-order valence-corrected chi connectivity index (χ0v) is 4.40. The molecule has 1 aliphatic rings. The van der Waals surface area contributed by atoms with Crippen molar-refractivity contribution in [2.45, 2.75) is 11.8 Å². The predicted molar refractivity (Wildman–Crippen MR) is 21.8 cm³/mol. The number of rotatable bonds is 1. The Labute approximate surface area is 49.2 Å². The molecule has 1 aliphatic heterocycles. The zero-order valence-electron chi connectivity index (χ0n) is 4.40. The Morgan fingerprint density at radius 1 is 1.56 bits per heavy atom. The van der Waals surface area contributed by atoms with E-state index in [-0.39, 0.29) is 0 Å². The summed E-state index contributed by atoms with van der Waals surface area (Å²) in [4.78, 5) is 0. The Bertz CT molecular complexity index is 115. The third-order valence-electron chi connectivity index (χ3n) is 1.26. The summed E-state index contributed by atoms with van der Waals surface area (Å²) < 4.78 is 38.9. The number of halogens is 3. The maximum Gasteiger partial charge on any atom is 0.422 e. The summed E-state index contributed by atoms with van der Waals surface area (Å²) in [6, 6.07) is 0. The average Bonchev–Trinajstić information content (AvgIpc) is 2.40. The molecule has 2 nitrogen and oxygen atoms in total. The second kappa shape index (κ2) is 1.60. The van der Waals surface area contributed by atoms with Crippen molar-refractivity contribution in [1.29, 1.82) is 0 Å². The lowest BCUT2D eigenvalue weighted by Crippen LogP contribution is -2.36. The molecule has 0 unspecified atom stereocenters. The van der Waals surface area contributed by atoms with E-state index in [2.05, 4.69) is 4.74 Å². The van der Waals surface area contributed by atoms with E-state index < -0.39 is 25.0 Å². The van der Waals surface area contributed by atoms with E-state index in [1.54, 1.807) is 0 Å². The van der Waals surface area contributed by atoms with Gasteiger partial charge in [0.2, 0.25) is 5.60 Å². The van der Waals surface area contributed by atoms with Crippen LogP contribution in [0.1, 0.15) is 0 Å². The Hall–Kier alpha value is -0.290. The van der Waals surface area contributed by atoms with Crippen LogP contribution in [0.25, 0.3) is 0 Å². The van der Waals surface area contributed by atoms with Crippen LogP contribution in [0.5, 0.6) is 0 Å². The Morgan fingerprint density at radius 2 is 2.00 bits per heavy atom. The van der Waals surface area contributed by atoms with Gasteiger partial charge in [-0.15, -0.1) is 0 Å². The van der Waals surface area contributed by atoms with Crippen LogP contribution in [0.4, 0.5) is 13.2 Å². The summed E-state index contributed by atoms with van der Waals surface area (Å²) in [5.41, 5.74) is -2.22. The highest BCUT2D eigenvalue weighted by Gasteiger charge is 2.65. The van der Waals surface area contributed by atoms with Crippen LogP contribution < -0.4 is 0 Å². The van der Waals surface area contributed by atoms with Crippen LogP contribution in [-0.4, -0.2) is 30.1 Å². The fourth-order valence-corrected chi connectivity index (χ4v) is 0.432. The molecule has 0 amide bonds. The third kappa shape index (κ3) is 0.900. The van der Waals surface area contributed by atoms with Crippen molar-refractivity contribution in [3.63, 3.8) is 0 Å². The number of ether oxygens (including phenoxy) is 1. The molecule has 0 aliphatic carbocycles. The van der Waals surface area contributed by atoms with Crippen LogP contribution in [0.2, 0.25) is 0 Å². The first-order valence-electron chi connectivity index (χ1n) is 2.33. The minimum absolute atomic E-state index is 0.410. The number of aliphatic hydroxyl groups excluding tert-OH is 1. The number of alkyl halides is 3. The van der Waals surface area contributed by atoms with E-state index in [1.807, 2.05) is 0 Å². The molecule has 0 aromatic heterocycles. The van der Waals surface area contributed by atoms with Crippen molar-refractivity contribution in [2.24, 2.45) is 0 Å². The minimum atomic E-state index is -4.41. The lowest BCUT2D eigenvalue weighted by atomic mass is 10.2. The van der Waals surface area contributed by atoms with E-state index in [9.17, 15) is 13.2 Å². The van der Waals surface area contributed by atoms with E-state index in [0.29, 0.717) is 0 Å². The third-order valence-corrected chi connectivity index (χ3v) is 1.26. The molecule has 0 radical (unpaired) electrons. The van der Waals surface area contributed by atoms with Gasteiger partial charge < -0.3 is 9.84 Å². The molecule has 0 bridgehead atoms. The van der Waals surface area contributed by atoms with E-state index in [4.69, 9.17) is 5.11 Å². The topological polar surface area (TPSA) is 32.8 Å². The largest absolute Gasteiger partial charge is 0.422 e. The van der Waals surface area contributed by atoms with E-state index >= 15 is 0 Å². The van der Waals surface area contributed by atoms with Crippen LogP contribution in [0, 0.1) is 0 Å². The lowest BCUT2D eigenvalue weighted by Gasteiger charge is -2.11. The number of hydrogen-bond acceptors (Lipinski definition) is 2. The first kappa shape index (κ1) is 6.82. The smallest absolute Gasteiger partial charge is 0.393 e. The number of aliphatic hydroxyl groups is 1. The number of epoxide rings is 1. The maximum atomic E-state index is 11.6. The molecule has 1 N–H and O–H groups in total. The van der Waals surface area contributed by atoms with Gasteiger partial charge in [0.25, 0.3) is 0 Å². The summed E-state index contributed by atoms with van der Waals surface area (Å²) in [5, 5.41) is 8.15. The van der Waals surface area contributed by atoms with Crippen LogP contribution in [-0.2, 0) is 4.74 Å². The van der Waals surface area contributed by atoms with Crippen molar-refractivity contribution >= 4 is 0 Å². The molecular formula is C4H5F3O2. The fourth-order valence-electron chi connectivity index (χ4n) is 0.432. The first-order chi connectivity index (χ1) is 4.02. The summed E-state index contributed by atoms with van der Waals surface area (Å²) in [7, 11) is 0. The average molecular weight is 142 g/mol. The van der Waals surface area contributed by atoms with Gasteiger partial charge in [-0.2, -0.15) is 13.2 Å². The van der Waals surface area contributed by atoms with Crippen LogP contribution in [0.15, 0.2) is 0 Å². The van der Waals surface area contributed by atoms with Crippen molar-refractivity contribution in [3.05, 3.63) is 0 Å². The molecular weight excluding hydrogens is 137 g/mol. The Kier molecular flexibility index (Phi) is 1.22. The molecule has 1 heterocycles. The molecule has 1 rings (SSSR count). The van der Waals surface area contributed by atoms with Crippen molar-refractivity contribution < 1.29 is 23.0 Å². The molecule has 5 heteroatoms. The second-order valence-corrected chi connectivity index (χ2v) is 1.94. The highest BCUT2D eigenvalue weighted by atomic mass is 19.4. The van der Waals surface area contributed by atoms with E-state index in [0.717, 1.165) is 0 Å². The number of hydrogen-bond donors (Lipinski definition) is 1. The fraction of sp³-hybridized carbons (Fsp3) is 1.00. The van der Waals surface area contributed by atoms with Gasteiger partial charge in [0.15, 0.2) is 0 Å². The summed E-state index contributed by atoms with van der Waals surface area (Å²) in [6.45, 7) is -1.39. The Balaban J connectivity index is 2.60. The van der Waals surface area contributed by atoms with Crippen LogP contribution in [0.3, 0.4) is 0 Å². The van der Waals surface area contributed by atoms with Gasteiger partial charge in [-0.25, -0.2) is 0 Å². The quantitative estimate of drug-likeness (QED) is 0.534. The van der Waals surface area contributed by atoms with Crippen molar-refractivity contribution in [2.75, 3.05) is 13.2 Å². The highest BCUT2D eigenvalue weighted by molar-refractivity contribution is 4.98. The molecule has 1 fully saturated rings. The normalized spacial score (nSPS) is 34.7.